The number of hydrogen-bond acceptors (Lipinski definition) is 2. The minimum Gasteiger partial charge on any atom is -0.480 e. The number of carbonyl (C=O) groups is 2. The first-order valence-electron chi connectivity index (χ1n) is 5.04. The van der Waals surface area contributed by atoms with Gasteiger partial charge in [0.1, 0.15) is 17.7 Å². The molecule has 1 unspecified atom stereocenters. The van der Waals surface area contributed by atoms with Crippen LogP contribution in [0.4, 0.5) is 8.78 Å². The van der Waals surface area contributed by atoms with Gasteiger partial charge in [-0.25, -0.2) is 13.6 Å². The molecule has 1 aromatic rings. The average Bonchev–Trinajstić information content (AvgIpc) is 2.26. The largest absolute Gasteiger partial charge is 0.480 e. The van der Waals surface area contributed by atoms with Crippen LogP contribution in [0.25, 0.3) is 0 Å². The lowest BCUT2D eigenvalue weighted by Crippen LogP contribution is -2.40. The fraction of sp³-hybridized carbons (Fsp3) is 0.167. The summed E-state index contributed by atoms with van der Waals surface area (Å²) in [6.07, 6.45) is 1.34. The number of rotatable bonds is 5. The Kier molecular flexibility index (Phi) is 4.53. The number of carbonyl (C=O) groups excluding carboxylic acids is 1. The molecule has 18 heavy (non-hydrogen) atoms. The van der Waals surface area contributed by atoms with E-state index in [1.165, 1.54) is 6.08 Å². The molecule has 1 rings (SSSR count). The third-order valence-corrected chi connectivity index (χ3v) is 2.13. The van der Waals surface area contributed by atoms with Gasteiger partial charge in [0.15, 0.2) is 0 Å². The molecule has 1 aromatic carbocycles. The van der Waals surface area contributed by atoms with Crippen LogP contribution in [0.15, 0.2) is 30.9 Å². The number of benzene rings is 1. The average molecular weight is 255 g/mol. The molecule has 0 spiro atoms. The molecule has 1 amide bonds. The predicted molar refractivity (Wildman–Crippen MR) is 60.1 cm³/mol. The van der Waals surface area contributed by atoms with Gasteiger partial charge in [0.2, 0.25) is 0 Å². The van der Waals surface area contributed by atoms with E-state index in [2.05, 4.69) is 11.9 Å². The summed E-state index contributed by atoms with van der Waals surface area (Å²) in [6.45, 7) is 3.36. The molecule has 0 saturated carbocycles. The van der Waals surface area contributed by atoms with Gasteiger partial charge in [-0.2, -0.15) is 0 Å². The van der Waals surface area contributed by atoms with E-state index < -0.39 is 29.6 Å². The van der Waals surface area contributed by atoms with Crippen LogP contribution in [0, 0.1) is 11.6 Å². The number of amides is 1. The van der Waals surface area contributed by atoms with Crippen LogP contribution in [-0.4, -0.2) is 23.0 Å². The lowest BCUT2D eigenvalue weighted by Gasteiger charge is -2.12. The number of carboxylic acid groups (broad SMARTS) is 1. The SMILES string of the molecule is C=CCC(NC(=O)c1cc(F)cc(F)c1)C(=O)O. The third-order valence-electron chi connectivity index (χ3n) is 2.13. The quantitative estimate of drug-likeness (QED) is 0.787. The summed E-state index contributed by atoms with van der Waals surface area (Å²) in [5.74, 6) is -3.92. The Labute approximate surface area is 102 Å². The zero-order valence-electron chi connectivity index (χ0n) is 9.32. The normalized spacial score (nSPS) is 11.7. The molecule has 0 saturated heterocycles. The van der Waals surface area contributed by atoms with Gasteiger partial charge in [0.25, 0.3) is 5.91 Å². The Morgan fingerprint density at radius 1 is 1.33 bits per heavy atom. The monoisotopic (exact) mass is 255 g/mol. The van der Waals surface area contributed by atoms with Crippen molar-refractivity contribution in [3.05, 3.63) is 48.1 Å². The summed E-state index contributed by atoms with van der Waals surface area (Å²) < 4.78 is 25.8. The van der Waals surface area contributed by atoms with E-state index in [0.29, 0.717) is 6.07 Å². The Morgan fingerprint density at radius 2 is 1.89 bits per heavy atom. The van der Waals surface area contributed by atoms with Crippen LogP contribution >= 0.6 is 0 Å². The molecule has 0 aliphatic heterocycles. The van der Waals surface area contributed by atoms with Gasteiger partial charge in [-0.05, 0) is 18.6 Å². The highest BCUT2D eigenvalue weighted by molar-refractivity contribution is 5.96. The Bertz CT molecular complexity index is 468. The molecular formula is C12H11F2NO3. The van der Waals surface area contributed by atoms with Crippen molar-refractivity contribution in [2.75, 3.05) is 0 Å². The van der Waals surface area contributed by atoms with Gasteiger partial charge >= 0.3 is 5.97 Å². The summed E-state index contributed by atoms with van der Waals surface area (Å²) >= 11 is 0. The van der Waals surface area contributed by atoms with E-state index >= 15 is 0 Å². The molecule has 0 heterocycles. The topological polar surface area (TPSA) is 66.4 Å². The summed E-state index contributed by atoms with van der Waals surface area (Å²) in [4.78, 5) is 22.4. The molecular weight excluding hydrogens is 244 g/mol. The first-order chi connectivity index (χ1) is 8.43. The van der Waals surface area contributed by atoms with Crippen LogP contribution < -0.4 is 5.32 Å². The molecule has 0 fully saturated rings. The summed E-state index contributed by atoms with van der Waals surface area (Å²) in [5, 5.41) is 10.9. The molecule has 0 aliphatic carbocycles. The molecule has 0 bridgehead atoms. The van der Waals surface area contributed by atoms with Gasteiger partial charge in [0, 0.05) is 11.6 Å². The zero-order chi connectivity index (χ0) is 13.7. The maximum absolute atomic E-state index is 12.9. The number of carboxylic acids is 1. The number of aliphatic carboxylic acids is 1. The van der Waals surface area contributed by atoms with E-state index in [1.807, 2.05) is 0 Å². The van der Waals surface area contributed by atoms with Crippen molar-refractivity contribution in [1.82, 2.24) is 5.32 Å². The van der Waals surface area contributed by atoms with Gasteiger partial charge in [-0.3, -0.25) is 4.79 Å². The minimum atomic E-state index is -1.25. The fourth-order valence-corrected chi connectivity index (χ4v) is 1.31. The fourth-order valence-electron chi connectivity index (χ4n) is 1.31. The van der Waals surface area contributed by atoms with Crippen LogP contribution in [0.3, 0.4) is 0 Å². The van der Waals surface area contributed by atoms with Gasteiger partial charge in [-0.1, -0.05) is 6.08 Å². The minimum absolute atomic E-state index is 0.0128. The Hall–Kier alpha value is -2.24. The van der Waals surface area contributed by atoms with Crippen molar-refractivity contribution in [3.63, 3.8) is 0 Å². The highest BCUT2D eigenvalue weighted by atomic mass is 19.1. The second kappa shape index (κ2) is 5.90. The van der Waals surface area contributed by atoms with Crippen molar-refractivity contribution < 1.29 is 23.5 Å². The maximum atomic E-state index is 12.9. The van der Waals surface area contributed by atoms with Crippen LogP contribution in [-0.2, 0) is 4.79 Å². The van der Waals surface area contributed by atoms with E-state index in [-0.39, 0.29) is 12.0 Å². The molecule has 0 aromatic heterocycles. The number of nitrogens with one attached hydrogen (secondary N) is 1. The van der Waals surface area contributed by atoms with E-state index in [1.54, 1.807) is 0 Å². The Balaban J connectivity index is 2.86. The first-order valence-corrected chi connectivity index (χ1v) is 5.04. The maximum Gasteiger partial charge on any atom is 0.326 e. The van der Waals surface area contributed by atoms with Crippen molar-refractivity contribution in [2.24, 2.45) is 0 Å². The molecule has 96 valence electrons. The molecule has 0 aliphatic rings. The van der Waals surface area contributed by atoms with Crippen LogP contribution in [0.5, 0.6) is 0 Å². The Morgan fingerprint density at radius 3 is 2.33 bits per heavy atom. The van der Waals surface area contributed by atoms with Crippen molar-refractivity contribution in [1.29, 1.82) is 0 Å². The van der Waals surface area contributed by atoms with Gasteiger partial charge in [0.05, 0.1) is 0 Å². The standard InChI is InChI=1S/C12H11F2NO3/c1-2-3-10(12(17)18)15-11(16)7-4-8(13)6-9(14)5-7/h2,4-6,10H,1,3H2,(H,15,16)(H,17,18). The summed E-state index contributed by atoms with van der Waals surface area (Å²) in [5.41, 5.74) is -0.275. The highest BCUT2D eigenvalue weighted by Crippen LogP contribution is 2.08. The lowest BCUT2D eigenvalue weighted by molar-refractivity contribution is -0.139. The lowest BCUT2D eigenvalue weighted by atomic mass is 10.1. The van der Waals surface area contributed by atoms with E-state index in [0.717, 1.165) is 12.1 Å². The van der Waals surface area contributed by atoms with Crippen molar-refractivity contribution >= 4 is 11.9 Å². The smallest absolute Gasteiger partial charge is 0.326 e. The van der Waals surface area contributed by atoms with Crippen LogP contribution in [0.2, 0.25) is 0 Å². The second-order valence-electron chi connectivity index (χ2n) is 3.55. The summed E-state index contributed by atoms with van der Waals surface area (Å²) in [7, 11) is 0. The van der Waals surface area contributed by atoms with Gasteiger partial charge in [-0.15, -0.1) is 6.58 Å². The van der Waals surface area contributed by atoms with Crippen molar-refractivity contribution in [3.8, 4) is 0 Å². The molecule has 0 radical (unpaired) electrons. The van der Waals surface area contributed by atoms with E-state index in [9.17, 15) is 18.4 Å². The molecule has 1 atom stereocenters. The van der Waals surface area contributed by atoms with E-state index in [4.69, 9.17) is 5.11 Å². The predicted octanol–water partition coefficient (Wildman–Crippen LogP) is 1.72. The summed E-state index contributed by atoms with van der Waals surface area (Å²) in [6, 6.07) is 1.09. The number of halogens is 2. The molecule has 6 heteroatoms. The zero-order valence-corrected chi connectivity index (χ0v) is 9.32. The van der Waals surface area contributed by atoms with Crippen molar-refractivity contribution in [2.45, 2.75) is 12.5 Å². The van der Waals surface area contributed by atoms with Gasteiger partial charge < -0.3 is 10.4 Å². The second-order valence-corrected chi connectivity index (χ2v) is 3.55. The third kappa shape index (κ3) is 3.65. The molecule has 4 nitrogen and oxygen atoms in total. The first kappa shape index (κ1) is 13.8. The molecule has 2 N–H and O–H groups in total. The highest BCUT2D eigenvalue weighted by Gasteiger charge is 2.19. The van der Waals surface area contributed by atoms with Crippen LogP contribution in [0.1, 0.15) is 16.8 Å². The number of hydrogen-bond donors (Lipinski definition) is 2.